The summed E-state index contributed by atoms with van der Waals surface area (Å²) < 4.78 is 1.78. The van der Waals surface area contributed by atoms with Gasteiger partial charge in [-0.2, -0.15) is 0 Å². The Bertz CT molecular complexity index is 296. The van der Waals surface area contributed by atoms with E-state index >= 15 is 0 Å². The summed E-state index contributed by atoms with van der Waals surface area (Å²) in [4.78, 5) is 0. The summed E-state index contributed by atoms with van der Waals surface area (Å²) in [7, 11) is 1.89. The van der Waals surface area contributed by atoms with E-state index in [0.717, 1.165) is 24.2 Å². The van der Waals surface area contributed by atoms with Gasteiger partial charge >= 0.3 is 0 Å². The fourth-order valence-electron chi connectivity index (χ4n) is 1.68. The second kappa shape index (κ2) is 5.85. The molecule has 4 heteroatoms. The van der Waals surface area contributed by atoms with Crippen molar-refractivity contribution in [2.75, 3.05) is 0 Å². The molecule has 0 aliphatic carbocycles. The highest BCUT2D eigenvalue weighted by Gasteiger charge is 2.16. The van der Waals surface area contributed by atoms with Crippen LogP contribution in [-0.2, 0) is 13.5 Å². The summed E-state index contributed by atoms with van der Waals surface area (Å²) >= 11 is 0. The molecule has 1 aromatic rings. The van der Waals surface area contributed by atoms with Gasteiger partial charge in [-0.3, -0.25) is 4.68 Å². The van der Waals surface area contributed by atoms with Gasteiger partial charge in [-0.25, -0.2) is 0 Å². The van der Waals surface area contributed by atoms with Crippen molar-refractivity contribution in [3.63, 3.8) is 0 Å². The van der Waals surface area contributed by atoms with E-state index in [2.05, 4.69) is 17.2 Å². The lowest BCUT2D eigenvalue weighted by Crippen LogP contribution is -2.04. The first-order chi connectivity index (χ1) is 7.20. The largest absolute Gasteiger partial charge is 0.387 e. The number of nitrogens with zero attached hydrogens (tertiary/aromatic N) is 3. The Morgan fingerprint density at radius 3 is 2.67 bits per heavy atom. The molecule has 0 saturated heterocycles. The Hall–Kier alpha value is -0.900. The average molecular weight is 211 g/mol. The first kappa shape index (κ1) is 12.2. The van der Waals surface area contributed by atoms with Gasteiger partial charge in [0.05, 0.1) is 11.8 Å². The number of aliphatic hydroxyl groups excluding tert-OH is 1. The summed E-state index contributed by atoms with van der Waals surface area (Å²) in [6.45, 7) is 4.14. The van der Waals surface area contributed by atoms with Gasteiger partial charge in [-0.05, 0) is 19.3 Å². The standard InChI is InChI=1S/C11H21N3O/c1-4-6-7-8-9-11(10(15)5-2)12-13-14(9)3/h10,15H,4-8H2,1-3H3. The van der Waals surface area contributed by atoms with Crippen LogP contribution in [0.4, 0.5) is 0 Å². The van der Waals surface area contributed by atoms with Crippen molar-refractivity contribution in [2.45, 2.75) is 52.1 Å². The number of hydrogen-bond acceptors (Lipinski definition) is 3. The minimum Gasteiger partial charge on any atom is -0.387 e. The fraction of sp³-hybridized carbons (Fsp3) is 0.818. The normalized spacial score (nSPS) is 13.1. The van der Waals surface area contributed by atoms with Crippen LogP contribution in [0, 0.1) is 0 Å². The van der Waals surface area contributed by atoms with Crippen molar-refractivity contribution >= 4 is 0 Å². The fourth-order valence-corrected chi connectivity index (χ4v) is 1.68. The molecule has 0 amide bonds. The van der Waals surface area contributed by atoms with Crippen LogP contribution in [0.15, 0.2) is 0 Å². The highest BCUT2D eigenvalue weighted by atomic mass is 16.3. The molecule has 15 heavy (non-hydrogen) atoms. The lowest BCUT2D eigenvalue weighted by Gasteiger charge is -2.07. The monoisotopic (exact) mass is 211 g/mol. The van der Waals surface area contributed by atoms with E-state index in [9.17, 15) is 5.11 Å². The van der Waals surface area contributed by atoms with E-state index in [1.54, 1.807) is 4.68 Å². The molecule has 0 bridgehead atoms. The molecule has 0 saturated carbocycles. The molecule has 1 heterocycles. The van der Waals surface area contributed by atoms with E-state index in [4.69, 9.17) is 0 Å². The average Bonchev–Trinajstić information content (AvgIpc) is 2.60. The quantitative estimate of drug-likeness (QED) is 0.732. The van der Waals surface area contributed by atoms with Crippen LogP contribution in [0.3, 0.4) is 0 Å². The topological polar surface area (TPSA) is 50.9 Å². The third-order valence-electron chi connectivity index (χ3n) is 2.69. The maximum absolute atomic E-state index is 9.76. The minimum atomic E-state index is -0.463. The molecule has 0 spiro atoms. The van der Waals surface area contributed by atoms with Crippen molar-refractivity contribution in [3.05, 3.63) is 11.4 Å². The Balaban J connectivity index is 2.70. The van der Waals surface area contributed by atoms with Gasteiger partial charge in [-0.15, -0.1) is 5.10 Å². The van der Waals surface area contributed by atoms with Crippen LogP contribution in [0.1, 0.15) is 57.0 Å². The summed E-state index contributed by atoms with van der Waals surface area (Å²) in [5.41, 5.74) is 1.84. The molecular formula is C11H21N3O. The second-order valence-corrected chi connectivity index (χ2v) is 3.93. The number of aliphatic hydroxyl groups is 1. The van der Waals surface area contributed by atoms with Crippen molar-refractivity contribution < 1.29 is 5.11 Å². The predicted molar refractivity (Wildman–Crippen MR) is 59.5 cm³/mol. The molecule has 0 aliphatic rings. The molecule has 0 aliphatic heterocycles. The van der Waals surface area contributed by atoms with Crippen LogP contribution >= 0.6 is 0 Å². The highest BCUT2D eigenvalue weighted by Crippen LogP contribution is 2.19. The van der Waals surface area contributed by atoms with E-state index in [1.807, 2.05) is 14.0 Å². The minimum absolute atomic E-state index is 0.463. The summed E-state index contributed by atoms with van der Waals surface area (Å²) in [5, 5.41) is 17.8. The smallest absolute Gasteiger partial charge is 0.114 e. The molecule has 1 atom stereocenters. The highest BCUT2D eigenvalue weighted by molar-refractivity contribution is 5.12. The molecule has 0 aromatic carbocycles. The van der Waals surface area contributed by atoms with Crippen LogP contribution in [0.25, 0.3) is 0 Å². The molecule has 1 unspecified atom stereocenters. The Kier molecular flexibility index (Phi) is 4.75. The van der Waals surface area contributed by atoms with Crippen LogP contribution in [-0.4, -0.2) is 20.1 Å². The van der Waals surface area contributed by atoms with Gasteiger partial charge in [0.2, 0.25) is 0 Å². The van der Waals surface area contributed by atoms with Gasteiger partial charge in [0.1, 0.15) is 5.69 Å². The zero-order valence-corrected chi connectivity index (χ0v) is 9.90. The van der Waals surface area contributed by atoms with E-state index in [-0.39, 0.29) is 0 Å². The summed E-state index contributed by atoms with van der Waals surface area (Å²) in [6.07, 6.45) is 4.75. The predicted octanol–water partition coefficient (Wildman–Crippen LogP) is 1.99. The zero-order chi connectivity index (χ0) is 11.3. The Morgan fingerprint density at radius 1 is 1.33 bits per heavy atom. The molecule has 1 aromatic heterocycles. The van der Waals surface area contributed by atoms with Gasteiger partial charge < -0.3 is 5.11 Å². The van der Waals surface area contributed by atoms with Gasteiger partial charge in [0.25, 0.3) is 0 Å². The van der Waals surface area contributed by atoms with Crippen LogP contribution < -0.4 is 0 Å². The molecule has 4 nitrogen and oxygen atoms in total. The van der Waals surface area contributed by atoms with Crippen LogP contribution in [0.5, 0.6) is 0 Å². The third-order valence-corrected chi connectivity index (χ3v) is 2.69. The van der Waals surface area contributed by atoms with Gasteiger partial charge in [0.15, 0.2) is 0 Å². The van der Waals surface area contributed by atoms with E-state index in [0.29, 0.717) is 6.42 Å². The molecule has 0 radical (unpaired) electrons. The van der Waals surface area contributed by atoms with Gasteiger partial charge in [0, 0.05) is 7.05 Å². The van der Waals surface area contributed by atoms with Crippen molar-refractivity contribution in [3.8, 4) is 0 Å². The first-order valence-corrected chi connectivity index (χ1v) is 5.77. The van der Waals surface area contributed by atoms with Crippen molar-refractivity contribution in [2.24, 2.45) is 7.05 Å². The van der Waals surface area contributed by atoms with Crippen LogP contribution in [0.2, 0.25) is 0 Å². The molecule has 1 N–H and O–H groups in total. The molecule has 1 rings (SSSR count). The maximum Gasteiger partial charge on any atom is 0.114 e. The first-order valence-electron chi connectivity index (χ1n) is 5.77. The third kappa shape index (κ3) is 3.02. The SMILES string of the molecule is CCCCCc1c(C(O)CC)nnn1C. The summed E-state index contributed by atoms with van der Waals surface area (Å²) in [5.74, 6) is 0. The van der Waals surface area contributed by atoms with Crippen molar-refractivity contribution in [1.29, 1.82) is 0 Å². The Morgan fingerprint density at radius 2 is 2.07 bits per heavy atom. The molecule has 86 valence electrons. The number of rotatable bonds is 6. The molecular weight excluding hydrogens is 190 g/mol. The molecule has 0 fully saturated rings. The van der Waals surface area contributed by atoms with Gasteiger partial charge in [-0.1, -0.05) is 31.9 Å². The number of hydrogen-bond donors (Lipinski definition) is 1. The van der Waals surface area contributed by atoms with Crippen molar-refractivity contribution in [1.82, 2.24) is 15.0 Å². The number of aromatic nitrogens is 3. The number of unbranched alkanes of at least 4 members (excludes halogenated alkanes) is 2. The maximum atomic E-state index is 9.76. The second-order valence-electron chi connectivity index (χ2n) is 3.93. The zero-order valence-electron chi connectivity index (χ0n) is 9.90. The van der Waals surface area contributed by atoms with E-state index in [1.165, 1.54) is 12.8 Å². The van der Waals surface area contributed by atoms with E-state index < -0.39 is 6.10 Å². The number of aryl methyl sites for hydroxylation is 1. The lowest BCUT2D eigenvalue weighted by molar-refractivity contribution is 0.167. The Labute approximate surface area is 91.3 Å². The summed E-state index contributed by atoms with van der Waals surface area (Å²) in [6, 6.07) is 0. The lowest BCUT2D eigenvalue weighted by atomic mass is 10.1.